The van der Waals surface area contributed by atoms with E-state index in [9.17, 15) is 13.2 Å². The Morgan fingerprint density at radius 3 is 2.72 bits per heavy atom. The van der Waals surface area contributed by atoms with E-state index in [1.54, 1.807) is 12.1 Å². The van der Waals surface area contributed by atoms with Crippen LogP contribution in [0, 0.1) is 0 Å². The number of nitrogens with zero attached hydrogens (tertiary/aromatic N) is 1. The van der Waals surface area contributed by atoms with E-state index in [0.29, 0.717) is 32.8 Å². The first-order chi connectivity index (χ1) is 14.0. The highest BCUT2D eigenvalue weighted by molar-refractivity contribution is 7.91. The highest BCUT2D eigenvalue weighted by atomic mass is 32.2. The van der Waals surface area contributed by atoms with Crippen LogP contribution in [0.2, 0.25) is 0 Å². The molecular weight excluding hydrogens is 414 g/mol. The molecule has 10 heteroatoms. The molecule has 29 heavy (non-hydrogen) atoms. The summed E-state index contributed by atoms with van der Waals surface area (Å²) in [5.41, 5.74) is 1.15. The van der Waals surface area contributed by atoms with E-state index >= 15 is 0 Å². The molecule has 156 valence electrons. The second-order valence-corrected chi connectivity index (χ2v) is 10.2. The molecule has 2 aromatic rings. The van der Waals surface area contributed by atoms with E-state index in [4.69, 9.17) is 9.47 Å². The highest BCUT2D eigenvalue weighted by Crippen LogP contribution is 2.28. The SMILES string of the molecule is O=C(NCc1ccc(S(=O)(=O)N2CCOCC2)s1)NCC1Cc2ccccc2O1. The number of thiophene rings is 1. The number of morpholine rings is 1. The number of sulfonamides is 1. The lowest BCUT2D eigenvalue weighted by atomic mass is 10.1. The van der Waals surface area contributed by atoms with Gasteiger partial charge in [-0.15, -0.1) is 11.3 Å². The van der Waals surface area contributed by atoms with Crippen LogP contribution in [0.15, 0.2) is 40.6 Å². The third-order valence-corrected chi connectivity index (χ3v) is 8.28. The second-order valence-electron chi connectivity index (χ2n) is 6.85. The maximum atomic E-state index is 12.6. The van der Waals surface area contributed by atoms with Gasteiger partial charge in [-0.1, -0.05) is 18.2 Å². The zero-order valence-corrected chi connectivity index (χ0v) is 17.4. The minimum atomic E-state index is -3.50. The molecule has 2 aliphatic rings. The molecule has 1 atom stereocenters. The fourth-order valence-corrected chi connectivity index (χ4v) is 6.17. The molecule has 1 aromatic carbocycles. The van der Waals surface area contributed by atoms with Crippen molar-refractivity contribution in [1.82, 2.24) is 14.9 Å². The highest BCUT2D eigenvalue weighted by Gasteiger charge is 2.28. The number of fused-ring (bicyclic) bond motifs is 1. The Kier molecular flexibility index (Phi) is 6.04. The number of hydrogen-bond acceptors (Lipinski definition) is 6. The summed E-state index contributed by atoms with van der Waals surface area (Å²) in [5.74, 6) is 0.868. The number of carbonyl (C=O) groups is 1. The largest absolute Gasteiger partial charge is 0.488 e. The van der Waals surface area contributed by atoms with Gasteiger partial charge >= 0.3 is 6.03 Å². The van der Waals surface area contributed by atoms with E-state index in [-0.39, 0.29) is 22.9 Å². The normalized spacial score (nSPS) is 19.4. The lowest BCUT2D eigenvalue weighted by molar-refractivity contribution is 0.0731. The van der Waals surface area contributed by atoms with Gasteiger partial charge in [-0.25, -0.2) is 13.2 Å². The number of ether oxygens (including phenoxy) is 2. The van der Waals surface area contributed by atoms with Crippen molar-refractivity contribution in [2.24, 2.45) is 0 Å². The van der Waals surface area contributed by atoms with Crippen LogP contribution in [0.4, 0.5) is 4.79 Å². The van der Waals surface area contributed by atoms with Crippen molar-refractivity contribution in [2.75, 3.05) is 32.8 Å². The zero-order valence-electron chi connectivity index (χ0n) is 15.8. The van der Waals surface area contributed by atoms with Crippen molar-refractivity contribution in [3.05, 3.63) is 46.8 Å². The van der Waals surface area contributed by atoms with Crippen molar-refractivity contribution >= 4 is 27.4 Å². The molecule has 8 nitrogen and oxygen atoms in total. The van der Waals surface area contributed by atoms with Gasteiger partial charge in [0, 0.05) is 24.4 Å². The number of amides is 2. The van der Waals surface area contributed by atoms with Crippen molar-refractivity contribution in [3.63, 3.8) is 0 Å². The summed E-state index contributed by atoms with van der Waals surface area (Å²) in [4.78, 5) is 12.9. The third kappa shape index (κ3) is 4.72. The first-order valence-corrected chi connectivity index (χ1v) is 11.7. The number of nitrogens with one attached hydrogen (secondary N) is 2. The van der Waals surface area contributed by atoms with Gasteiger partial charge in [-0.3, -0.25) is 0 Å². The van der Waals surface area contributed by atoms with Crippen LogP contribution in [-0.4, -0.2) is 57.7 Å². The number of carbonyl (C=O) groups excluding carboxylic acids is 1. The molecule has 0 radical (unpaired) electrons. The quantitative estimate of drug-likeness (QED) is 0.715. The molecule has 1 unspecified atom stereocenters. The average Bonchev–Trinajstić information content (AvgIpc) is 3.38. The number of benzene rings is 1. The fourth-order valence-electron chi connectivity index (χ4n) is 3.31. The molecule has 1 aromatic heterocycles. The monoisotopic (exact) mass is 437 g/mol. The summed E-state index contributed by atoms with van der Waals surface area (Å²) in [5, 5.41) is 5.57. The van der Waals surface area contributed by atoms with Gasteiger partial charge in [0.25, 0.3) is 10.0 Å². The van der Waals surface area contributed by atoms with Gasteiger partial charge in [-0.2, -0.15) is 4.31 Å². The van der Waals surface area contributed by atoms with Crippen molar-refractivity contribution in [2.45, 2.75) is 23.3 Å². The molecule has 1 saturated heterocycles. The van der Waals surface area contributed by atoms with Gasteiger partial charge in [-0.05, 0) is 23.8 Å². The second kappa shape index (κ2) is 8.70. The molecule has 3 heterocycles. The lowest BCUT2D eigenvalue weighted by Gasteiger charge is -2.25. The summed E-state index contributed by atoms with van der Waals surface area (Å²) in [7, 11) is -3.50. The summed E-state index contributed by atoms with van der Waals surface area (Å²) in [6, 6.07) is 10.9. The summed E-state index contributed by atoms with van der Waals surface area (Å²) in [6.45, 7) is 2.22. The Bertz CT molecular complexity index is 945. The summed E-state index contributed by atoms with van der Waals surface area (Å²) < 4.78 is 38.0. The van der Waals surface area contributed by atoms with E-state index in [2.05, 4.69) is 10.6 Å². The van der Waals surface area contributed by atoms with E-state index in [1.807, 2.05) is 24.3 Å². The number of para-hydroxylation sites is 1. The first kappa shape index (κ1) is 20.1. The van der Waals surface area contributed by atoms with Gasteiger partial charge in [0.15, 0.2) is 0 Å². The van der Waals surface area contributed by atoms with Gasteiger partial charge in [0.1, 0.15) is 16.1 Å². The minimum Gasteiger partial charge on any atom is -0.488 e. The van der Waals surface area contributed by atoms with Crippen molar-refractivity contribution in [1.29, 1.82) is 0 Å². The van der Waals surface area contributed by atoms with Crippen molar-refractivity contribution < 1.29 is 22.7 Å². The Balaban J connectivity index is 1.24. The molecule has 2 amide bonds. The van der Waals surface area contributed by atoms with Crippen LogP contribution in [0.25, 0.3) is 0 Å². The average molecular weight is 438 g/mol. The smallest absolute Gasteiger partial charge is 0.315 e. The Morgan fingerprint density at radius 1 is 1.14 bits per heavy atom. The fraction of sp³-hybridized carbons (Fsp3) is 0.421. The number of hydrogen-bond donors (Lipinski definition) is 2. The molecule has 2 aliphatic heterocycles. The van der Waals surface area contributed by atoms with Gasteiger partial charge < -0.3 is 20.1 Å². The molecule has 2 N–H and O–H groups in total. The van der Waals surface area contributed by atoms with Crippen LogP contribution < -0.4 is 15.4 Å². The minimum absolute atomic E-state index is 0.0786. The van der Waals surface area contributed by atoms with Crippen LogP contribution in [0.1, 0.15) is 10.4 Å². The van der Waals surface area contributed by atoms with Crippen LogP contribution in [-0.2, 0) is 27.7 Å². The molecule has 1 fully saturated rings. The maximum absolute atomic E-state index is 12.6. The topological polar surface area (TPSA) is 97.0 Å². The molecular formula is C19H23N3O5S2. The van der Waals surface area contributed by atoms with Gasteiger partial charge in [0.05, 0.1) is 26.3 Å². The molecule has 0 spiro atoms. The molecule has 0 bridgehead atoms. The Morgan fingerprint density at radius 2 is 1.93 bits per heavy atom. The molecule has 0 aliphatic carbocycles. The predicted octanol–water partition coefficient (Wildman–Crippen LogP) is 1.57. The van der Waals surface area contributed by atoms with E-state index < -0.39 is 10.0 Å². The zero-order chi connectivity index (χ0) is 20.3. The molecule has 4 rings (SSSR count). The summed E-state index contributed by atoms with van der Waals surface area (Å²) >= 11 is 1.17. The van der Waals surface area contributed by atoms with Crippen LogP contribution in [0.5, 0.6) is 5.75 Å². The third-order valence-electron chi connectivity index (χ3n) is 4.83. The van der Waals surface area contributed by atoms with Crippen molar-refractivity contribution in [3.8, 4) is 5.75 Å². The van der Waals surface area contributed by atoms with E-state index in [0.717, 1.165) is 22.6 Å². The summed E-state index contributed by atoms with van der Waals surface area (Å²) in [6.07, 6.45) is 0.689. The Labute approximate surface area is 173 Å². The van der Waals surface area contributed by atoms with Crippen LogP contribution >= 0.6 is 11.3 Å². The van der Waals surface area contributed by atoms with Crippen LogP contribution in [0.3, 0.4) is 0 Å². The number of rotatable bonds is 6. The lowest BCUT2D eigenvalue weighted by Crippen LogP contribution is -2.40. The Hall–Kier alpha value is -2.14. The van der Waals surface area contributed by atoms with Gasteiger partial charge in [0.2, 0.25) is 0 Å². The molecule has 0 saturated carbocycles. The standard InChI is InChI=1S/C19H23N3O5S2/c23-19(20-12-15-11-14-3-1-2-4-17(14)27-15)21-13-16-5-6-18(28-16)29(24,25)22-7-9-26-10-8-22/h1-6,15H,7-13H2,(H2,20,21,23). The maximum Gasteiger partial charge on any atom is 0.315 e. The first-order valence-electron chi connectivity index (χ1n) is 9.45. The van der Waals surface area contributed by atoms with E-state index in [1.165, 1.54) is 15.6 Å². The number of urea groups is 1. The predicted molar refractivity (Wildman–Crippen MR) is 109 cm³/mol.